The van der Waals surface area contributed by atoms with Crippen molar-refractivity contribution in [3.63, 3.8) is 0 Å². The van der Waals surface area contributed by atoms with E-state index in [9.17, 15) is 24.9 Å². The lowest BCUT2D eigenvalue weighted by Crippen LogP contribution is -2.26. The van der Waals surface area contributed by atoms with Crippen LogP contribution in [0.4, 0.5) is 0 Å². The Bertz CT molecular complexity index is 1170. The number of hydrogen-bond acceptors (Lipinski definition) is 8. The molecule has 0 aliphatic heterocycles. The number of amides is 1. The second-order valence-electron chi connectivity index (χ2n) is 7.44. The Morgan fingerprint density at radius 2 is 1.65 bits per heavy atom. The van der Waals surface area contributed by atoms with Gasteiger partial charge in [-0.1, -0.05) is 6.42 Å². The van der Waals surface area contributed by atoms with Crippen LogP contribution >= 0.6 is 22.6 Å². The molecule has 0 bridgehead atoms. The van der Waals surface area contributed by atoms with Crippen molar-refractivity contribution < 1.29 is 24.9 Å². The van der Waals surface area contributed by atoms with E-state index in [0.29, 0.717) is 16.4 Å². The van der Waals surface area contributed by atoms with Crippen molar-refractivity contribution in [3.05, 3.63) is 26.8 Å². The molecule has 4 N–H and O–H groups in total. The Morgan fingerprint density at radius 1 is 1.00 bits per heavy atom. The highest BCUT2D eigenvalue weighted by atomic mass is 127. The largest absolute Gasteiger partial charge is 0.507 e. The topological polar surface area (TPSA) is 136 Å². The van der Waals surface area contributed by atoms with Gasteiger partial charge in [0.05, 0.1) is 11.1 Å². The van der Waals surface area contributed by atoms with Crippen LogP contribution in [0.2, 0.25) is 0 Å². The van der Waals surface area contributed by atoms with Gasteiger partial charge in [-0.3, -0.25) is 9.59 Å². The highest BCUT2D eigenvalue weighted by Crippen LogP contribution is 2.36. The molecular weight excluding hydrogens is 515 g/mol. The number of nitrogens with one attached hydrogen (secondary N) is 1. The third-order valence-electron chi connectivity index (χ3n) is 4.84. The molecule has 0 fully saturated rings. The van der Waals surface area contributed by atoms with Gasteiger partial charge in [-0.15, -0.1) is 0 Å². The second kappa shape index (κ2) is 9.60. The standard InChI is InChI=1S/C21H23IN4O5/c1-26(2)7-5-3-4-6-23-21(31)16-12(22)8-14(29)19-20(16)25-18-15(30)9-13(28)11(10-27)17(18)24-19/h8-10,28-30H,3-7H2,1-2H3,(H,23,31). The van der Waals surface area contributed by atoms with E-state index in [1.54, 1.807) is 0 Å². The summed E-state index contributed by atoms with van der Waals surface area (Å²) in [6.45, 7) is 1.47. The van der Waals surface area contributed by atoms with Gasteiger partial charge in [0.1, 0.15) is 39.3 Å². The third-order valence-corrected chi connectivity index (χ3v) is 5.69. The molecule has 31 heavy (non-hydrogen) atoms. The normalized spacial score (nSPS) is 11.4. The minimum atomic E-state index is -0.453. The number of phenols is 3. The van der Waals surface area contributed by atoms with E-state index in [-0.39, 0.29) is 44.9 Å². The fraction of sp³-hybridized carbons (Fsp3) is 0.333. The first-order valence-corrected chi connectivity index (χ1v) is 10.8. The van der Waals surface area contributed by atoms with E-state index in [0.717, 1.165) is 31.9 Å². The summed E-state index contributed by atoms with van der Waals surface area (Å²) in [5.41, 5.74) is 0.0346. The van der Waals surface area contributed by atoms with Crippen LogP contribution in [-0.4, -0.2) is 69.6 Å². The molecule has 3 aromatic rings. The Morgan fingerprint density at radius 3 is 2.32 bits per heavy atom. The Balaban J connectivity index is 1.99. The van der Waals surface area contributed by atoms with Crippen LogP contribution in [0.1, 0.15) is 40.0 Å². The van der Waals surface area contributed by atoms with Gasteiger partial charge in [-0.05, 0) is 62.1 Å². The van der Waals surface area contributed by atoms with Crippen LogP contribution < -0.4 is 5.32 Å². The third kappa shape index (κ3) is 4.79. The van der Waals surface area contributed by atoms with Gasteiger partial charge >= 0.3 is 0 Å². The van der Waals surface area contributed by atoms with Crippen LogP contribution in [0.3, 0.4) is 0 Å². The van der Waals surface area contributed by atoms with Crippen molar-refractivity contribution in [3.8, 4) is 17.2 Å². The molecule has 0 radical (unpaired) electrons. The smallest absolute Gasteiger partial charge is 0.254 e. The van der Waals surface area contributed by atoms with Crippen molar-refractivity contribution in [1.82, 2.24) is 20.2 Å². The van der Waals surface area contributed by atoms with Crippen LogP contribution in [0.25, 0.3) is 22.1 Å². The number of benzene rings is 2. The number of hydrogen-bond donors (Lipinski definition) is 4. The maximum atomic E-state index is 12.9. The molecule has 0 atom stereocenters. The molecule has 9 nitrogen and oxygen atoms in total. The summed E-state index contributed by atoms with van der Waals surface area (Å²) in [7, 11) is 4.03. The number of fused-ring (bicyclic) bond motifs is 2. The summed E-state index contributed by atoms with van der Waals surface area (Å²) in [6.07, 6.45) is 3.22. The summed E-state index contributed by atoms with van der Waals surface area (Å²) in [4.78, 5) is 35.0. The van der Waals surface area contributed by atoms with Gasteiger partial charge in [0, 0.05) is 16.2 Å². The predicted molar refractivity (Wildman–Crippen MR) is 125 cm³/mol. The van der Waals surface area contributed by atoms with Gasteiger partial charge in [-0.25, -0.2) is 9.97 Å². The van der Waals surface area contributed by atoms with Crippen molar-refractivity contribution in [2.45, 2.75) is 19.3 Å². The fourth-order valence-electron chi connectivity index (χ4n) is 3.28. The summed E-state index contributed by atoms with van der Waals surface area (Å²) >= 11 is 1.93. The number of unbranched alkanes of at least 4 members (excludes halogenated alkanes) is 2. The predicted octanol–water partition coefficient (Wildman–Crippen LogP) is 2.78. The molecule has 1 heterocycles. The number of aromatic nitrogens is 2. The molecule has 1 amide bonds. The molecular formula is C21H23IN4O5. The van der Waals surface area contributed by atoms with Gasteiger partial charge in [-0.2, -0.15) is 0 Å². The van der Waals surface area contributed by atoms with Gasteiger partial charge in [0.2, 0.25) is 0 Å². The molecule has 1 aromatic heterocycles. The number of aldehydes is 1. The zero-order chi connectivity index (χ0) is 22.7. The minimum Gasteiger partial charge on any atom is -0.507 e. The van der Waals surface area contributed by atoms with Crippen molar-refractivity contribution in [1.29, 1.82) is 0 Å². The molecule has 0 saturated heterocycles. The fourth-order valence-corrected chi connectivity index (χ4v) is 4.07. The number of aromatic hydroxyl groups is 3. The molecule has 0 unspecified atom stereocenters. The van der Waals surface area contributed by atoms with E-state index >= 15 is 0 Å². The summed E-state index contributed by atoms with van der Waals surface area (Å²) in [6, 6.07) is 2.38. The lowest BCUT2D eigenvalue weighted by Gasteiger charge is -2.13. The minimum absolute atomic E-state index is 0.00264. The maximum absolute atomic E-state index is 12.9. The average molecular weight is 538 g/mol. The van der Waals surface area contributed by atoms with Crippen molar-refractivity contribution >= 4 is 56.9 Å². The molecule has 0 aliphatic rings. The molecule has 3 rings (SSSR count). The number of carbonyl (C=O) groups excluding carboxylic acids is 2. The quantitative estimate of drug-likeness (QED) is 0.149. The Kier molecular flexibility index (Phi) is 7.11. The molecule has 0 aliphatic carbocycles. The van der Waals surface area contributed by atoms with Crippen LogP contribution in [0.5, 0.6) is 17.2 Å². The second-order valence-corrected chi connectivity index (χ2v) is 8.60. The first-order valence-electron chi connectivity index (χ1n) is 9.70. The Labute approximate surface area is 192 Å². The van der Waals surface area contributed by atoms with E-state index in [1.165, 1.54) is 6.07 Å². The van der Waals surface area contributed by atoms with E-state index < -0.39 is 11.5 Å². The van der Waals surface area contributed by atoms with Crippen molar-refractivity contribution in [2.24, 2.45) is 0 Å². The number of carbonyl (C=O) groups is 2. The summed E-state index contributed by atoms with van der Waals surface area (Å²) in [5.74, 6) is -1.44. The summed E-state index contributed by atoms with van der Waals surface area (Å²) < 4.78 is 0.468. The highest BCUT2D eigenvalue weighted by molar-refractivity contribution is 14.1. The SMILES string of the molecule is CN(C)CCCCCNC(=O)c1c(I)cc(O)c2nc3c(C=O)c(O)cc(O)c3nc12. The van der Waals surface area contributed by atoms with Crippen LogP contribution in [-0.2, 0) is 0 Å². The highest BCUT2D eigenvalue weighted by Gasteiger charge is 2.22. The van der Waals surface area contributed by atoms with E-state index in [1.807, 2.05) is 36.7 Å². The van der Waals surface area contributed by atoms with Crippen molar-refractivity contribution in [2.75, 3.05) is 27.2 Å². The number of rotatable bonds is 8. The lowest BCUT2D eigenvalue weighted by atomic mass is 10.1. The molecule has 10 heteroatoms. The molecule has 2 aromatic carbocycles. The van der Waals surface area contributed by atoms with E-state index in [4.69, 9.17) is 0 Å². The number of nitrogens with zero attached hydrogens (tertiary/aromatic N) is 3. The first-order chi connectivity index (χ1) is 14.7. The molecule has 164 valence electrons. The van der Waals surface area contributed by atoms with Crippen LogP contribution in [0, 0.1) is 3.57 Å². The molecule has 0 saturated carbocycles. The van der Waals surface area contributed by atoms with Gasteiger partial charge in [0.15, 0.2) is 6.29 Å². The number of halogens is 1. The Hall–Kier alpha value is -2.73. The lowest BCUT2D eigenvalue weighted by molar-refractivity contribution is 0.0953. The zero-order valence-corrected chi connectivity index (χ0v) is 19.3. The first kappa shape index (κ1) is 22.9. The monoisotopic (exact) mass is 538 g/mol. The number of phenolic OH excluding ortho intramolecular Hbond substituents is 3. The molecule has 0 spiro atoms. The summed E-state index contributed by atoms with van der Waals surface area (Å²) in [5, 5.41) is 33.4. The maximum Gasteiger partial charge on any atom is 0.254 e. The van der Waals surface area contributed by atoms with Crippen LogP contribution in [0.15, 0.2) is 12.1 Å². The van der Waals surface area contributed by atoms with Gasteiger partial charge in [0.25, 0.3) is 5.91 Å². The average Bonchev–Trinajstić information content (AvgIpc) is 2.70. The van der Waals surface area contributed by atoms with Gasteiger partial charge < -0.3 is 25.5 Å². The zero-order valence-electron chi connectivity index (χ0n) is 17.1. The van der Waals surface area contributed by atoms with E-state index in [2.05, 4.69) is 20.2 Å².